The Hall–Kier alpha value is -3.48. The summed E-state index contributed by atoms with van der Waals surface area (Å²) in [6.45, 7) is 0.938. The smallest absolute Gasteiger partial charge is 0.276 e. The summed E-state index contributed by atoms with van der Waals surface area (Å²) in [5, 5.41) is 19.6. The fraction of sp³-hybridized carbons (Fsp3) is 0.238. The van der Waals surface area contributed by atoms with Crippen molar-refractivity contribution in [1.82, 2.24) is 25.0 Å². The van der Waals surface area contributed by atoms with E-state index in [1.165, 1.54) is 6.42 Å². The highest BCUT2D eigenvalue weighted by molar-refractivity contribution is 6.11. The second-order valence-corrected chi connectivity index (χ2v) is 7.05. The SMILES string of the molecule is O=C(Nc1cccc(-c2nnc3n2CCCCC3)c1)c1n[nH]c2ccccc12. The molecule has 0 atom stereocenters. The number of para-hydroxylation sites is 1. The van der Waals surface area contributed by atoms with E-state index in [-0.39, 0.29) is 5.91 Å². The molecule has 2 aromatic carbocycles. The van der Waals surface area contributed by atoms with Gasteiger partial charge in [0.2, 0.25) is 0 Å². The maximum absolute atomic E-state index is 12.7. The van der Waals surface area contributed by atoms with E-state index in [1.807, 2.05) is 48.5 Å². The molecule has 0 unspecified atom stereocenters. The molecule has 3 heterocycles. The zero-order valence-corrected chi connectivity index (χ0v) is 15.4. The number of hydrogen-bond donors (Lipinski definition) is 2. The first-order chi connectivity index (χ1) is 13.8. The number of aromatic amines is 1. The molecule has 0 aliphatic carbocycles. The van der Waals surface area contributed by atoms with Gasteiger partial charge in [-0.1, -0.05) is 36.8 Å². The van der Waals surface area contributed by atoms with E-state index in [0.717, 1.165) is 53.9 Å². The van der Waals surface area contributed by atoms with Gasteiger partial charge >= 0.3 is 0 Å². The highest BCUT2D eigenvalue weighted by Crippen LogP contribution is 2.25. The Morgan fingerprint density at radius 1 is 1.04 bits per heavy atom. The average Bonchev–Trinajstić information content (AvgIpc) is 3.26. The summed E-state index contributed by atoms with van der Waals surface area (Å²) in [6.07, 6.45) is 4.48. The first kappa shape index (κ1) is 16.7. The van der Waals surface area contributed by atoms with Gasteiger partial charge in [0.05, 0.1) is 5.52 Å². The number of carbonyl (C=O) groups is 1. The van der Waals surface area contributed by atoms with Gasteiger partial charge < -0.3 is 9.88 Å². The minimum Gasteiger partial charge on any atom is -0.321 e. The minimum absolute atomic E-state index is 0.241. The quantitative estimate of drug-likeness (QED) is 0.572. The van der Waals surface area contributed by atoms with E-state index in [9.17, 15) is 4.79 Å². The van der Waals surface area contributed by atoms with Gasteiger partial charge in [0, 0.05) is 29.6 Å². The molecule has 0 fully saturated rings. The average molecular weight is 372 g/mol. The summed E-state index contributed by atoms with van der Waals surface area (Å²) in [5.41, 5.74) is 2.88. The minimum atomic E-state index is -0.241. The number of hydrogen-bond acceptors (Lipinski definition) is 4. The van der Waals surface area contributed by atoms with Crippen molar-refractivity contribution >= 4 is 22.5 Å². The van der Waals surface area contributed by atoms with Crippen molar-refractivity contribution in [1.29, 1.82) is 0 Å². The van der Waals surface area contributed by atoms with E-state index in [2.05, 4.69) is 30.3 Å². The summed E-state index contributed by atoms with van der Waals surface area (Å²) in [4.78, 5) is 12.7. The Morgan fingerprint density at radius 3 is 2.93 bits per heavy atom. The largest absolute Gasteiger partial charge is 0.321 e. The molecule has 0 radical (unpaired) electrons. The molecule has 2 N–H and O–H groups in total. The second kappa shape index (κ2) is 6.92. The van der Waals surface area contributed by atoms with Crippen LogP contribution in [0.4, 0.5) is 5.69 Å². The lowest BCUT2D eigenvalue weighted by Gasteiger charge is -2.09. The molecule has 0 saturated heterocycles. The van der Waals surface area contributed by atoms with Crippen molar-refractivity contribution in [3.05, 3.63) is 60.0 Å². The Bertz CT molecular complexity index is 1160. The lowest BCUT2D eigenvalue weighted by atomic mass is 10.1. The maximum Gasteiger partial charge on any atom is 0.276 e. The summed E-state index contributed by atoms with van der Waals surface area (Å²) < 4.78 is 2.20. The van der Waals surface area contributed by atoms with E-state index in [0.29, 0.717) is 11.4 Å². The third kappa shape index (κ3) is 2.94. The molecule has 4 aromatic rings. The number of rotatable bonds is 3. The topological polar surface area (TPSA) is 88.5 Å². The number of aromatic nitrogens is 5. The molecule has 0 bridgehead atoms. The molecule has 1 aliphatic heterocycles. The first-order valence-corrected chi connectivity index (χ1v) is 9.56. The fourth-order valence-corrected chi connectivity index (χ4v) is 3.76. The lowest BCUT2D eigenvalue weighted by molar-refractivity contribution is 0.102. The number of nitrogens with zero attached hydrogens (tertiary/aromatic N) is 4. The number of benzene rings is 2. The summed E-state index contributed by atoms with van der Waals surface area (Å²) in [5.74, 6) is 1.66. The molecule has 7 nitrogen and oxygen atoms in total. The molecular formula is C21H20N6O. The van der Waals surface area contributed by atoms with Crippen molar-refractivity contribution in [3.63, 3.8) is 0 Å². The Kier molecular flexibility index (Phi) is 4.12. The second-order valence-electron chi connectivity index (χ2n) is 7.05. The van der Waals surface area contributed by atoms with Crippen molar-refractivity contribution < 1.29 is 4.79 Å². The fourth-order valence-electron chi connectivity index (χ4n) is 3.76. The van der Waals surface area contributed by atoms with Gasteiger partial charge in [-0.05, 0) is 31.0 Å². The van der Waals surface area contributed by atoms with E-state index in [4.69, 9.17) is 0 Å². The summed E-state index contributed by atoms with van der Waals surface area (Å²) in [7, 11) is 0. The predicted octanol–water partition coefficient (Wildman–Crippen LogP) is 3.80. The third-order valence-electron chi connectivity index (χ3n) is 5.17. The molecule has 1 amide bonds. The Labute approximate surface area is 161 Å². The standard InChI is InChI=1S/C21H20N6O/c28-21(19-16-9-3-4-10-17(16)23-25-19)22-15-8-6-7-14(13-15)20-26-24-18-11-2-1-5-12-27(18)20/h3-4,6-10,13H,1-2,5,11-12H2,(H,22,28)(H,23,25). The van der Waals surface area contributed by atoms with Gasteiger partial charge in [-0.25, -0.2) is 0 Å². The number of fused-ring (bicyclic) bond motifs is 2. The monoisotopic (exact) mass is 372 g/mol. The zero-order valence-electron chi connectivity index (χ0n) is 15.4. The molecule has 5 rings (SSSR count). The van der Waals surface area contributed by atoms with Crippen molar-refractivity contribution in [2.24, 2.45) is 0 Å². The van der Waals surface area contributed by atoms with Crippen LogP contribution in [0.15, 0.2) is 48.5 Å². The van der Waals surface area contributed by atoms with Crippen LogP contribution in [0.3, 0.4) is 0 Å². The summed E-state index contributed by atoms with van der Waals surface area (Å²) >= 11 is 0. The molecule has 1 aliphatic rings. The van der Waals surface area contributed by atoms with Crippen LogP contribution in [0.5, 0.6) is 0 Å². The van der Waals surface area contributed by atoms with Crippen molar-refractivity contribution in [2.75, 3.05) is 5.32 Å². The van der Waals surface area contributed by atoms with Crippen LogP contribution in [0.1, 0.15) is 35.6 Å². The van der Waals surface area contributed by atoms with E-state index >= 15 is 0 Å². The first-order valence-electron chi connectivity index (χ1n) is 9.56. The summed E-state index contributed by atoms with van der Waals surface area (Å²) in [6, 6.07) is 15.3. The third-order valence-corrected chi connectivity index (χ3v) is 5.17. The highest BCUT2D eigenvalue weighted by Gasteiger charge is 2.17. The van der Waals surface area contributed by atoms with Crippen LogP contribution in [-0.4, -0.2) is 30.9 Å². The number of H-pyrrole nitrogens is 1. The Morgan fingerprint density at radius 2 is 1.96 bits per heavy atom. The molecule has 28 heavy (non-hydrogen) atoms. The number of carbonyl (C=O) groups excluding carboxylic acids is 1. The zero-order chi connectivity index (χ0) is 18.9. The van der Waals surface area contributed by atoms with Gasteiger partial charge in [-0.2, -0.15) is 5.10 Å². The van der Waals surface area contributed by atoms with Gasteiger partial charge in [0.25, 0.3) is 5.91 Å². The number of nitrogens with one attached hydrogen (secondary N) is 2. The van der Waals surface area contributed by atoms with Gasteiger partial charge in [0.1, 0.15) is 5.82 Å². The van der Waals surface area contributed by atoms with Gasteiger partial charge in [0.15, 0.2) is 11.5 Å². The molecule has 2 aromatic heterocycles. The normalized spacial score (nSPS) is 13.9. The van der Waals surface area contributed by atoms with E-state index < -0.39 is 0 Å². The highest BCUT2D eigenvalue weighted by atomic mass is 16.1. The number of anilines is 1. The lowest BCUT2D eigenvalue weighted by Crippen LogP contribution is -2.13. The van der Waals surface area contributed by atoms with Crippen LogP contribution in [0.2, 0.25) is 0 Å². The van der Waals surface area contributed by atoms with E-state index in [1.54, 1.807) is 0 Å². The van der Waals surface area contributed by atoms with Crippen molar-refractivity contribution in [3.8, 4) is 11.4 Å². The van der Waals surface area contributed by atoms with Gasteiger partial charge in [-0.15, -0.1) is 10.2 Å². The van der Waals surface area contributed by atoms with Crippen LogP contribution in [0.25, 0.3) is 22.3 Å². The molecular weight excluding hydrogens is 352 g/mol. The number of aryl methyl sites for hydroxylation is 1. The van der Waals surface area contributed by atoms with Crippen LogP contribution < -0.4 is 5.32 Å². The molecule has 0 spiro atoms. The molecule has 140 valence electrons. The predicted molar refractivity (Wildman–Crippen MR) is 107 cm³/mol. The van der Waals surface area contributed by atoms with Gasteiger partial charge in [-0.3, -0.25) is 9.89 Å². The maximum atomic E-state index is 12.7. The molecule has 0 saturated carbocycles. The van der Waals surface area contributed by atoms with Crippen molar-refractivity contribution in [2.45, 2.75) is 32.2 Å². The van der Waals surface area contributed by atoms with Crippen LogP contribution in [-0.2, 0) is 13.0 Å². The van der Waals surface area contributed by atoms with Crippen LogP contribution in [0, 0.1) is 0 Å². The Balaban J connectivity index is 1.44. The molecule has 7 heteroatoms. The number of amides is 1. The van der Waals surface area contributed by atoms with Crippen LogP contribution >= 0.6 is 0 Å².